The fraction of sp³-hybridized carbons (Fsp3) is 0.857. The van der Waals surface area contributed by atoms with E-state index in [2.05, 4.69) is 13.8 Å². The number of aliphatic hydroxyl groups is 1. The maximum atomic E-state index is 11.9. The molecule has 5 aliphatic carbocycles. The standard InChI is InChI=1S/C21H30O2/c1-11-7-12-8-13(23)3-4-14(12)15-5-6-21(2)18(10-22)16-9-17(16)20(21)19(11)15/h8,11,14-20,22H,3-7,9-10H2,1-2H3/t11-,14+,15-,16+,17-,18-,19-,20-,21-/m1/s1. The minimum atomic E-state index is 0.367. The molecule has 1 N–H and O–H groups in total. The van der Waals surface area contributed by atoms with Crippen LogP contribution in [0.15, 0.2) is 11.6 Å². The molecule has 0 aromatic rings. The molecule has 2 heteroatoms. The SMILES string of the molecule is C[C@@H]1CC2=CC(=O)CC[C@@H]2[C@H]2CC[C@@]3(C)[C@H]([C@@H]4C[C@@H]4[C@H]3CO)[C@@H]21. The van der Waals surface area contributed by atoms with Crippen LogP contribution in [0.4, 0.5) is 0 Å². The summed E-state index contributed by atoms with van der Waals surface area (Å²) < 4.78 is 0. The molecule has 23 heavy (non-hydrogen) atoms. The molecule has 9 atom stereocenters. The third-order valence-corrected chi connectivity index (χ3v) is 8.86. The molecule has 0 aromatic carbocycles. The Bertz CT molecular complexity index is 578. The quantitative estimate of drug-likeness (QED) is 0.798. The second-order valence-electron chi connectivity index (χ2n) is 9.68. The van der Waals surface area contributed by atoms with Crippen LogP contribution in [0.25, 0.3) is 0 Å². The summed E-state index contributed by atoms with van der Waals surface area (Å²) in [6.07, 6.45) is 9.08. The predicted molar refractivity (Wildman–Crippen MR) is 89.6 cm³/mol. The third kappa shape index (κ3) is 1.82. The van der Waals surface area contributed by atoms with E-state index in [1.165, 1.54) is 24.8 Å². The zero-order chi connectivity index (χ0) is 15.9. The number of hydrogen-bond acceptors (Lipinski definition) is 2. The van der Waals surface area contributed by atoms with Crippen LogP contribution in [-0.2, 0) is 4.79 Å². The van der Waals surface area contributed by atoms with Gasteiger partial charge in [-0.25, -0.2) is 0 Å². The first-order chi connectivity index (χ1) is 11.0. The summed E-state index contributed by atoms with van der Waals surface area (Å²) in [7, 11) is 0. The van der Waals surface area contributed by atoms with Crippen molar-refractivity contribution in [1.82, 2.24) is 0 Å². The Hall–Kier alpha value is -0.630. The molecule has 0 radical (unpaired) electrons. The number of hydrogen-bond donors (Lipinski definition) is 1. The van der Waals surface area contributed by atoms with Crippen molar-refractivity contribution < 1.29 is 9.90 Å². The summed E-state index contributed by atoms with van der Waals surface area (Å²) in [6, 6.07) is 0. The Morgan fingerprint density at radius 3 is 2.87 bits per heavy atom. The molecule has 0 saturated heterocycles. The van der Waals surface area contributed by atoms with Gasteiger partial charge in [-0.3, -0.25) is 4.79 Å². The van der Waals surface area contributed by atoms with Gasteiger partial charge in [-0.1, -0.05) is 19.4 Å². The first-order valence-electron chi connectivity index (χ1n) is 9.88. The number of carbonyl (C=O) groups is 1. The summed E-state index contributed by atoms with van der Waals surface area (Å²) in [5.74, 6) is 6.58. The molecule has 0 bridgehead atoms. The van der Waals surface area contributed by atoms with Crippen LogP contribution >= 0.6 is 0 Å². The minimum Gasteiger partial charge on any atom is -0.396 e. The van der Waals surface area contributed by atoms with E-state index in [-0.39, 0.29) is 0 Å². The molecule has 2 nitrogen and oxygen atoms in total. The first-order valence-corrected chi connectivity index (χ1v) is 9.88. The van der Waals surface area contributed by atoms with Crippen LogP contribution in [0, 0.1) is 52.8 Å². The molecule has 0 unspecified atom stereocenters. The molecule has 5 aliphatic rings. The number of carbonyl (C=O) groups excluding carboxylic acids is 1. The fourth-order valence-electron chi connectivity index (χ4n) is 8.02. The Balaban J connectivity index is 1.52. The van der Waals surface area contributed by atoms with E-state index in [0.29, 0.717) is 29.6 Å². The van der Waals surface area contributed by atoms with Gasteiger partial charge in [0, 0.05) is 13.0 Å². The smallest absolute Gasteiger partial charge is 0.155 e. The zero-order valence-corrected chi connectivity index (χ0v) is 14.5. The van der Waals surface area contributed by atoms with Gasteiger partial charge in [0.1, 0.15) is 0 Å². The Morgan fingerprint density at radius 1 is 1.26 bits per heavy atom. The van der Waals surface area contributed by atoms with Gasteiger partial charge in [-0.2, -0.15) is 0 Å². The predicted octanol–water partition coefficient (Wildman–Crippen LogP) is 3.84. The van der Waals surface area contributed by atoms with Gasteiger partial charge in [0.25, 0.3) is 0 Å². The second-order valence-corrected chi connectivity index (χ2v) is 9.68. The second kappa shape index (κ2) is 4.71. The van der Waals surface area contributed by atoms with Crippen molar-refractivity contribution >= 4 is 5.78 Å². The van der Waals surface area contributed by atoms with E-state index in [9.17, 15) is 9.90 Å². The largest absolute Gasteiger partial charge is 0.396 e. The van der Waals surface area contributed by atoms with E-state index >= 15 is 0 Å². The summed E-state index contributed by atoms with van der Waals surface area (Å²) in [5, 5.41) is 10.00. The molecular formula is C21H30O2. The number of aliphatic hydroxyl groups excluding tert-OH is 1. The highest BCUT2D eigenvalue weighted by Crippen LogP contribution is 2.74. The van der Waals surface area contributed by atoms with Crippen LogP contribution < -0.4 is 0 Å². The maximum absolute atomic E-state index is 11.9. The fourth-order valence-corrected chi connectivity index (χ4v) is 8.02. The molecular weight excluding hydrogens is 284 g/mol. The average Bonchev–Trinajstić information content (AvgIpc) is 3.22. The highest BCUT2D eigenvalue weighted by Gasteiger charge is 2.69. The molecule has 4 saturated carbocycles. The molecule has 5 rings (SSSR count). The highest BCUT2D eigenvalue weighted by molar-refractivity contribution is 5.91. The van der Waals surface area contributed by atoms with Gasteiger partial charge in [-0.15, -0.1) is 0 Å². The van der Waals surface area contributed by atoms with Gasteiger partial charge >= 0.3 is 0 Å². The highest BCUT2D eigenvalue weighted by atomic mass is 16.3. The molecule has 126 valence electrons. The van der Waals surface area contributed by atoms with E-state index in [0.717, 1.165) is 54.8 Å². The molecule has 0 amide bonds. The summed E-state index contributed by atoms with van der Waals surface area (Å²) >= 11 is 0. The Kier molecular flexibility index (Phi) is 3.01. The lowest BCUT2D eigenvalue weighted by molar-refractivity contribution is -0.116. The summed E-state index contributed by atoms with van der Waals surface area (Å²) in [6.45, 7) is 5.36. The maximum Gasteiger partial charge on any atom is 0.155 e. The average molecular weight is 314 g/mol. The van der Waals surface area contributed by atoms with Crippen LogP contribution in [0.2, 0.25) is 0 Å². The minimum absolute atomic E-state index is 0.367. The first kappa shape index (κ1) is 14.7. The van der Waals surface area contributed by atoms with E-state index in [1.807, 2.05) is 6.08 Å². The van der Waals surface area contributed by atoms with E-state index in [4.69, 9.17) is 0 Å². The number of ketones is 1. The van der Waals surface area contributed by atoms with Crippen molar-refractivity contribution in [2.45, 2.75) is 52.4 Å². The lowest BCUT2D eigenvalue weighted by atomic mass is 9.48. The Morgan fingerprint density at radius 2 is 2.09 bits per heavy atom. The van der Waals surface area contributed by atoms with Crippen molar-refractivity contribution in [3.05, 3.63) is 11.6 Å². The Labute approximate surface area is 139 Å². The van der Waals surface area contributed by atoms with Gasteiger partial charge in [0.05, 0.1) is 0 Å². The summed E-state index contributed by atoms with van der Waals surface area (Å²) in [4.78, 5) is 11.9. The lowest BCUT2D eigenvalue weighted by Crippen LogP contribution is -2.51. The van der Waals surface area contributed by atoms with Crippen molar-refractivity contribution in [2.75, 3.05) is 6.61 Å². The van der Waals surface area contributed by atoms with E-state index in [1.54, 1.807) is 0 Å². The van der Waals surface area contributed by atoms with Crippen LogP contribution in [0.1, 0.15) is 52.4 Å². The third-order valence-electron chi connectivity index (χ3n) is 8.86. The molecule has 4 fully saturated rings. The monoisotopic (exact) mass is 314 g/mol. The normalized spacial score (nSPS) is 57.0. The number of rotatable bonds is 1. The lowest BCUT2D eigenvalue weighted by Gasteiger charge is -2.57. The van der Waals surface area contributed by atoms with Crippen LogP contribution in [0.5, 0.6) is 0 Å². The van der Waals surface area contributed by atoms with Gasteiger partial charge in [0.15, 0.2) is 5.78 Å². The molecule has 0 heterocycles. The molecule has 0 aromatic heterocycles. The van der Waals surface area contributed by atoms with Crippen molar-refractivity contribution in [3.63, 3.8) is 0 Å². The van der Waals surface area contributed by atoms with Crippen molar-refractivity contribution in [2.24, 2.45) is 52.8 Å². The van der Waals surface area contributed by atoms with Crippen molar-refractivity contribution in [1.29, 1.82) is 0 Å². The van der Waals surface area contributed by atoms with Crippen LogP contribution in [-0.4, -0.2) is 17.5 Å². The van der Waals surface area contributed by atoms with Crippen LogP contribution in [0.3, 0.4) is 0 Å². The van der Waals surface area contributed by atoms with Crippen molar-refractivity contribution in [3.8, 4) is 0 Å². The number of allylic oxidation sites excluding steroid dienone is 1. The van der Waals surface area contributed by atoms with Gasteiger partial charge in [0.2, 0.25) is 0 Å². The van der Waals surface area contributed by atoms with E-state index < -0.39 is 0 Å². The van der Waals surface area contributed by atoms with Gasteiger partial charge in [-0.05, 0) is 90.9 Å². The topological polar surface area (TPSA) is 37.3 Å². The molecule has 0 aliphatic heterocycles. The zero-order valence-electron chi connectivity index (χ0n) is 14.5. The number of fused-ring (bicyclic) bond motifs is 7. The van der Waals surface area contributed by atoms with Gasteiger partial charge < -0.3 is 5.11 Å². The molecule has 0 spiro atoms. The summed E-state index contributed by atoms with van der Waals surface area (Å²) in [5.41, 5.74) is 1.88.